The van der Waals surface area contributed by atoms with E-state index in [-0.39, 0.29) is 13.0 Å². The Bertz CT molecular complexity index is 168. The van der Waals surface area contributed by atoms with E-state index >= 15 is 0 Å². The molecule has 0 aliphatic rings. The van der Waals surface area contributed by atoms with Crippen molar-refractivity contribution in [2.45, 2.75) is 32.8 Å². The van der Waals surface area contributed by atoms with Gasteiger partial charge in [-0.2, -0.15) is 0 Å². The number of aliphatic hydroxyl groups excluding tert-OH is 1. The third-order valence-electron chi connectivity index (χ3n) is 2.02. The fourth-order valence-electron chi connectivity index (χ4n) is 1.46. The molecular weight excluding hydrogens is 184 g/mol. The van der Waals surface area contributed by atoms with E-state index in [2.05, 4.69) is 0 Å². The van der Waals surface area contributed by atoms with Crippen molar-refractivity contribution in [2.24, 2.45) is 11.8 Å². The van der Waals surface area contributed by atoms with Crippen molar-refractivity contribution in [3.05, 3.63) is 0 Å². The lowest BCUT2D eigenvalue weighted by molar-refractivity contribution is -0.143. The van der Waals surface area contributed by atoms with Crippen molar-refractivity contribution in [3.8, 4) is 0 Å². The highest BCUT2D eigenvalue weighted by Gasteiger charge is 2.22. The van der Waals surface area contributed by atoms with Gasteiger partial charge in [0.2, 0.25) is 0 Å². The van der Waals surface area contributed by atoms with Crippen molar-refractivity contribution in [3.63, 3.8) is 0 Å². The van der Waals surface area contributed by atoms with Gasteiger partial charge in [-0.1, -0.05) is 13.8 Å². The Morgan fingerprint density at radius 2 is 1.93 bits per heavy atom. The Labute approximate surface area is 84.9 Å². The van der Waals surface area contributed by atoms with Gasteiger partial charge in [0.1, 0.15) is 0 Å². The monoisotopic (exact) mass is 204 g/mol. The predicted octanol–water partition coefficient (Wildman–Crippen LogP) is 1.13. The molecule has 0 aromatic rings. The molecular formula is C10H20O4. The molecule has 0 aromatic heterocycles. The second kappa shape index (κ2) is 6.79. The van der Waals surface area contributed by atoms with E-state index < -0.39 is 18.0 Å². The molecule has 0 aliphatic carbocycles. The van der Waals surface area contributed by atoms with E-state index in [1.54, 1.807) is 0 Å². The van der Waals surface area contributed by atoms with Crippen LogP contribution in [-0.4, -0.2) is 36.0 Å². The Hall–Kier alpha value is -0.610. The van der Waals surface area contributed by atoms with Crippen LogP contribution >= 0.6 is 0 Å². The van der Waals surface area contributed by atoms with Crippen LogP contribution in [0.15, 0.2) is 0 Å². The summed E-state index contributed by atoms with van der Waals surface area (Å²) in [5, 5.41) is 18.3. The summed E-state index contributed by atoms with van der Waals surface area (Å²) in [6.07, 6.45) is 0.178. The fourth-order valence-corrected chi connectivity index (χ4v) is 1.46. The van der Waals surface area contributed by atoms with Crippen molar-refractivity contribution < 1.29 is 19.7 Å². The summed E-state index contributed by atoms with van der Waals surface area (Å²) in [4.78, 5) is 10.8. The highest BCUT2D eigenvalue weighted by molar-refractivity contribution is 5.69. The first-order valence-electron chi connectivity index (χ1n) is 4.87. The zero-order valence-electron chi connectivity index (χ0n) is 9.06. The van der Waals surface area contributed by atoms with Crippen molar-refractivity contribution in [1.82, 2.24) is 0 Å². The number of carboxylic acid groups (broad SMARTS) is 1. The molecule has 14 heavy (non-hydrogen) atoms. The summed E-state index contributed by atoms with van der Waals surface area (Å²) >= 11 is 0. The number of aliphatic hydroxyl groups is 1. The summed E-state index contributed by atoms with van der Waals surface area (Å²) in [5.74, 6) is -0.986. The van der Waals surface area contributed by atoms with Gasteiger partial charge in [0.05, 0.1) is 18.6 Å². The zero-order valence-corrected chi connectivity index (χ0v) is 9.06. The lowest BCUT2D eigenvalue weighted by atomic mass is 9.92. The molecule has 0 saturated heterocycles. The average molecular weight is 204 g/mol. The summed E-state index contributed by atoms with van der Waals surface area (Å²) in [5.41, 5.74) is 0. The van der Waals surface area contributed by atoms with E-state index in [0.29, 0.717) is 12.3 Å². The molecule has 0 amide bonds. The Morgan fingerprint density at radius 1 is 1.36 bits per heavy atom. The molecule has 0 rings (SSSR count). The zero-order chi connectivity index (χ0) is 11.1. The molecule has 0 saturated carbocycles. The Balaban J connectivity index is 4.02. The van der Waals surface area contributed by atoms with Crippen LogP contribution in [-0.2, 0) is 9.53 Å². The van der Waals surface area contributed by atoms with Gasteiger partial charge in [-0.3, -0.25) is 4.79 Å². The Kier molecular flexibility index (Phi) is 6.49. The lowest BCUT2D eigenvalue weighted by Crippen LogP contribution is -2.25. The summed E-state index contributed by atoms with van der Waals surface area (Å²) in [7, 11) is 1.49. The highest BCUT2D eigenvalue weighted by atomic mass is 16.5. The molecule has 4 heteroatoms. The molecule has 0 heterocycles. The minimum absolute atomic E-state index is 0.196. The number of ether oxygens (including phenoxy) is 1. The fraction of sp³-hybridized carbons (Fsp3) is 0.900. The van der Waals surface area contributed by atoms with E-state index in [1.165, 1.54) is 7.11 Å². The quantitative estimate of drug-likeness (QED) is 0.652. The molecule has 0 aliphatic heterocycles. The number of hydrogen-bond acceptors (Lipinski definition) is 3. The van der Waals surface area contributed by atoms with E-state index in [1.807, 2.05) is 13.8 Å². The van der Waals surface area contributed by atoms with Gasteiger partial charge >= 0.3 is 5.97 Å². The van der Waals surface area contributed by atoms with E-state index in [4.69, 9.17) is 9.84 Å². The maximum Gasteiger partial charge on any atom is 0.306 e. The minimum Gasteiger partial charge on any atom is -0.481 e. The summed E-state index contributed by atoms with van der Waals surface area (Å²) in [6.45, 7) is 4.14. The van der Waals surface area contributed by atoms with Gasteiger partial charge < -0.3 is 14.9 Å². The molecule has 0 radical (unpaired) electrons. The van der Waals surface area contributed by atoms with Crippen molar-refractivity contribution in [2.75, 3.05) is 13.7 Å². The summed E-state index contributed by atoms with van der Waals surface area (Å²) < 4.78 is 4.75. The number of hydrogen-bond donors (Lipinski definition) is 2. The second-order valence-electron chi connectivity index (χ2n) is 4.01. The summed E-state index contributed by atoms with van der Waals surface area (Å²) in [6, 6.07) is 0. The molecule has 0 aromatic carbocycles. The van der Waals surface area contributed by atoms with Crippen LogP contribution in [0.4, 0.5) is 0 Å². The molecule has 4 nitrogen and oxygen atoms in total. The number of aliphatic carboxylic acids is 1. The standard InChI is InChI=1S/C10H20O4/c1-7(2)4-8(10(12)13)5-9(11)6-14-3/h7-9,11H,4-6H2,1-3H3,(H,12,13). The average Bonchev–Trinajstić information content (AvgIpc) is 2.02. The van der Waals surface area contributed by atoms with Gasteiger partial charge in [0, 0.05) is 7.11 Å². The SMILES string of the molecule is COCC(O)CC(CC(C)C)C(=O)O. The number of rotatable bonds is 7. The smallest absolute Gasteiger partial charge is 0.306 e. The van der Waals surface area contributed by atoms with Crippen molar-refractivity contribution in [1.29, 1.82) is 0 Å². The topological polar surface area (TPSA) is 66.8 Å². The molecule has 2 atom stereocenters. The Morgan fingerprint density at radius 3 is 2.29 bits per heavy atom. The first kappa shape index (κ1) is 13.4. The van der Waals surface area contributed by atoms with Gasteiger partial charge in [-0.15, -0.1) is 0 Å². The first-order valence-corrected chi connectivity index (χ1v) is 4.87. The van der Waals surface area contributed by atoms with Crippen LogP contribution < -0.4 is 0 Å². The minimum atomic E-state index is -0.839. The second-order valence-corrected chi connectivity index (χ2v) is 4.01. The van der Waals surface area contributed by atoms with Crippen LogP contribution in [0.2, 0.25) is 0 Å². The van der Waals surface area contributed by atoms with Crippen molar-refractivity contribution >= 4 is 5.97 Å². The van der Waals surface area contributed by atoms with Crippen LogP contribution in [0, 0.1) is 11.8 Å². The van der Waals surface area contributed by atoms with E-state index in [9.17, 15) is 9.90 Å². The highest BCUT2D eigenvalue weighted by Crippen LogP contribution is 2.17. The molecule has 2 N–H and O–H groups in total. The molecule has 0 bridgehead atoms. The number of methoxy groups -OCH3 is 1. The van der Waals surface area contributed by atoms with Gasteiger partial charge in [-0.05, 0) is 18.8 Å². The lowest BCUT2D eigenvalue weighted by Gasteiger charge is -2.17. The maximum atomic E-state index is 10.8. The van der Waals surface area contributed by atoms with Gasteiger partial charge in [0.15, 0.2) is 0 Å². The van der Waals surface area contributed by atoms with E-state index in [0.717, 1.165) is 0 Å². The van der Waals surface area contributed by atoms with Gasteiger partial charge in [0.25, 0.3) is 0 Å². The third kappa shape index (κ3) is 5.94. The van der Waals surface area contributed by atoms with Gasteiger partial charge in [-0.25, -0.2) is 0 Å². The van der Waals surface area contributed by atoms with Crippen LogP contribution in [0.25, 0.3) is 0 Å². The maximum absolute atomic E-state index is 10.8. The number of carboxylic acids is 1. The predicted molar refractivity (Wildman–Crippen MR) is 53.1 cm³/mol. The molecule has 0 fully saturated rings. The largest absolute Gasteiger partial charge is 0.481 e. The first-order chi connectivity index (χ1) is 6.47. The number of carbonyl (C=O) groups is 1. The van der Waals surface area contributed by atoms with Crippen LogP contribution in [0.3, 0.4) is 0 Å². The normalized spacial score (nSPS) is 15.5. The van der Waals surface area contributed by atoms with Crippen LogP contribution in [0.5, 0.6) is 0 Å². The van der Waals surface area contributed by atoms with Crippen LogP contribution in [0.1, 0.15) is 26.7 Å². The molecule has 0 spiro atoms. The molecule has 84 valence electrons. The molecule has 2 unspecified atom stereocenters. The third-order valence-corrected chi connectivity index (χ3v) is 2.02.